The average molecular weight is 612 g/mol. The van der Waals surface area contributed by atoms with E-state index in [1.165, 1.54) is 27.1 Å². The molecule has 0 aliphatic heterocycles. The van der Waals surface area contributed by atoms with Crippen LogP contribution >= 0.6 is 0 Å². The molecule has 11 nitrogen and oxygen atoms in total. The molecule has 0 radical (unpaired) electrons. The van der Waals surface area contributed by atoms with Crippen LogP contribution in [0.4, 0.5) is 0 Å². The van der Waals surface area contributed by atoms with Crippen molar-refractivity contribution >= 4 is 10.0 Å². The summed E-state index contributed by atoms with van der Waals surface area (Å²) in [7, 11) is -0.287. The van der Waals surface area contributed by atoms with Gasteiger partial charge in [-0.2, -0.15) is 0 Å². The molecule has 2 aliphatic rings. The van der Waals surface area contributed by atoms with Gasteiger partial charge in [-0.25, -0.2) is 18.4 Å². The summed E-state index contributed by atoms with van der Waals surface area (Å²) in [6, 6.07) is 7.07. The molecule has 236 valence electrons. The molecule has 12 heteroatoms. The van der Waals surface area contributed by atoms with Crippen molar-refractivity contribution in [3.8, 4) is 0 Å². The van der Waals surface area contributed by atoms with Crippen molar-refractivity contribution in [2.75, 3.05) is 27.2 Å². The molecule has 2 aliphatic carbocycles. The second kappa shape index (κ2) is 14.0. The summed E-state index contributed by atoms with van der Waals surface area (Å²) in [4.78, 5) is 9.59. The van der Waals surface area contributed by atoms with Crippen LogP contribution in [0.1, 0.15) is 55.0 Å². The number of fused-ring (bicyclic) bond motifs is 2. The van der Waals surface area contributed by atoms with Gasteiger partial charge in [0.2, 0.25) is 10.0 Å². The lowest BCUT2D eigenvalue weighted by atomic mass is 9.89. The van der Waals surface area contributed by atoms with Crippen molar-refractivity contribution < 1.29 is 8.42 Å². The third kappa shape index (κ3) is 6.89. The minimum absolute atomic E-state index is 0.266. The second-order valence-electron chi connectivity index (χ2n) is 11.9. The molecule has 0 fully saturated rings. The molecule has 4 atom stereocenters. The van der Waals surface area contributed by atoms with Gasteiger partial charge in [0.1, 0.15) is 12.6 Å². The highest BCUT2D eigenvalue weighted by atomic mass is 32.2. The zero-order valence-corrected chi connectivity index (χ0v) is 27.1. The molecule has 4 unspecified atom stereocenters. The maximum Gasteiger partial charge on any atom is 0.247 e. The summed E-state index contributed by atoms with van der Waals surface area (Å²) < 4.78 is 34.5. The fraction of sp³-hybridized carbons (Fsp3) is 0.613. The fourth-order valence-electron chi connectivity index (χ4n) is 6.60. The molecule has 2 heterocycles. The van der Waals surface area contributed by atoms with Crippen molar-refractivity contribution in [1.29, 1.82) is 0 Å². The van der Waals surface area contributed by atoms with Gasteiger partial charge in [-0.15, -0.1) is 4.31 Å². The third-order valence-electron chi connectivity index (χ3n) is 9.14. The van der Waals surface area contributed by atoms with Crippen LogP contribution in [-0.2, 0) is 48.8 Å². The highest BCUT2D eigenvalue weighted by Crippen LogP contribution is 2.27. The van der Waals surface area contributed by atoms with Gasteiger partial charge in [0.25, 0.3) is 0 Å². The predicted molar refractivity (Wildman–Crippen MR) is 169 cm³/mol. The largest absolute Gasteiger partial charge is 0.335 e. The number of nitrogens with zero attached hydrogens (tertiary/aromatic N) is 5. The van der Waals surface area contributed by atoms with Gasteiger partial charge in [0.05, 0.1) is 28.9 Å². The van der Waals surface area contributed by atoms with E-state index in [-0.39, 0.29) is 4.90 Å². The Balaban J connectivity index is 1.33. The summed E-state index contributed by atoms with van der Waals surface area (Å²) in [6.07, 6.45) is 8.46. The Hall–Kier alpha value is -2.61. The lowest BCUT2D eigenvalue weighted by Crippen LogP contribution is -2.66. The molecule has 0 saturated carbocycles. The fourth-order valence-corrected chi connectivity index (χ4v) is 8.23. The summed E-state index contributed by atoms with van der Waals surface area (Å²) in [5.41, 5.74) is 6.02. The third-order valence-corrected chi connectivity index (χ3v) is 11.0. The van der Waals surface area contributed by atoms with E-state index in [4.69, 9.17) is 0 Å². The minimum Gasteiger partial charge on any atom is -0.335 e. The molecule has 1 aromatic carbocycles. The Labute approximate surface area is 256 Å². The molecule has 0 spiro atoms. The van der Waals surface area contributed by atoms with Crippen LogP contribution in [0.2, 0.25) is 0 Å². The quantitative estimate of drug-likeness (QED) is 0.205. The average Bonchev–Trinajstić information content (AvgIpc) is 3.63. The first-order valence-electron chi connectivity index (χ1n) is 15.8. The zero-order chi connectivity index (χ0) is 30.6. The predicted octanol–water partition coefficient (Wildman–Crippen LogP) is 2.21. The Morgan fingerprint density at radius 3 is 1.72 bits per heavy atom. The van der Waals surface area contributed by atoms with Gasteiger partial charge in [-0.1, -0.05) is 17.7 Å². The molecule has 3 aromatic rings. The highest BCUT2D eigenvalue weighted by molar-refractivity contribution is 7.89. The Bertz CT molecular complexity index is 1380. The SMILES string of the molecule is CCn1cnc2c1CCC(CNC(NC)N(C(NC)NCC1CCc3c(ncn3CC)C1)S(=O)(=O)c1ccc(C)cc1)C2. The molecular formula is C31H49N9O2S. The van der Waals surface area contributed by atoms with Crippen LogP contribution in [0.15, 0.2) is 41.8 Å². The molecule has 0 bridgehead atoms. The van der Waals surface area contributed by atoms with Gasteiger partial charge in [-0.05, 0) is 97.4 Å². The Kier molecular flexibility index (Phi) is 10.4. The Morgan fingerprint density at radius 2 is 1.30 bits per heavy atom. The van der Waals surface area contributed by atoms with E-state index in [9.17, 15) is 8.42 Å². The number of hydrogen-bond donors (Lipinski definition) is 4. The van der Waals surface area contributed by atoms with Crippen LogP contribution in [0.25, 0.3) is 0 Å². The first-order chi connectivity index (χ1) is 20.8. The van der Waals surface area contributed by atoms with Crippen molar-refractivity contribution in [3.05, 3.63) is 65.3 Å². The topological polar surface area (TPSA) is 121 Å². The highest BCUT2D eigenvalue weighted by Gasteiger charge is 2.37. The number of hydrogen-bond acceptors (Lipinski definition) is 8. The maximum absolute atomic E-state index is 14.3. The maximum atomic E-state index is 14.3. The summed E-state index contributed by atoms with van der Waals surface area (Å²) in [6.45, 7) is 9.46. The molecule has 43 heavy (non-hydrogen) atoms. The van der Waals surface area contributed by atoms with Crippen LogP contribution in [0, 0.1) is 18.8 Å². The number of aryl methyl sites for hydroxylation is 3. The second-order valence-corrected chi connectivity index (χ2v) is 13.8. The van der Waals surface area contributed by atoms with E-state index < -0.39 is 22.6 Å². The van der Waals surface area contributed by atoms with Crippen molar-refractivity contribution in [3.63, 3.8) is 0 Å². The van der Waals surface area contributed by atoms with Crippen LogP contribution in [0.3, 0.4) is 0 Å². The zero-order valence-electron chi connectivity index (χ0n) is 26.3. The van der Waals surface area contributed by atoms with E-state index >= 15 is 0 Å². The molecule has 4 N–H and O–H groups in total. The number of sulfonamides is 1. The van der Waals surface area contributed by atoms with Gasteiger partial charge in [0.15, 0.2) is 0 Å². The number of nitrogens with one attached hydrogen (secondary N) is 4. The van der Waals surface area contributed by atoms with E-state index in [1.807, 2.05) is 31.7 Å². The van der Waals surface area contributed by atoms with E-state index in [1.54, 1.807) is 26.2 Å². The number of rotatable bonds is 14. The van der Waals surface area contributed by atoms with Gasteiger partial charge < -0.3 is 9.13 Å². The molecular weight excluding hydrogens is 562 g/mol. The summed E-state index contributed by atoms with van der Waals surface area (Å²) >= 11 is 0. The summed E-state index contributed by atoms with van der Waals surface area (Å²) in [5.74, 6) is 0.737. The normalized spacial score (nSPS) is 20.1. The van der Waals surface area contributed by atoms with Crippen LogP contribution in [-0.4, -0.2) is 71.6 Å². The van der Waals surface area contributed by atoms with E-state index in [0.717, 1.165) is 57.2 Å². The molecule has 5 rings (SSSR count). The summed E-state index contributed by atoms with van der Waals surface area (Å²) in [5, 5.41) is 13.6. The lowest BCUT2D eigenvalue weighted by molar-refractivity contribution is 0.135. The van der Waals surface area contributed by atoms with Gasteiger partial charge >= 0.3 is 0 Å². The van der Waals surface area contributed by atoms with Crippen LogP contribution in [0.5, 0.6) is 0 Å². The van der Waals surface area contributed by atoms with Gasteiger partial charge in [-0.3, -0.25) is 21.3 Å². The molecule has 0 saturated heterocycles. The monoisotopic (exact) mass is 611 g/mol. The number of benzene rings is 1. The lowest BCUT2D eigenvalue weighted by Gasteiger charge is -2.39. The standard InChI is InChI=1S/C31H49N9O2S/c1-6-38-20-36-26-16-23(10-14-28(26)38)18-34-30(32-4)40(43(41,42)25-12-8-22(3)9-13-25)31(33-5)35-19-24-11-15-29-27(17-24)37-21-39(29)7-2/h8-9,12-13,20-21,23-24,30-35H,6-7,10-11,14-19H2,1-5H3. The first kappa shape index (κ1) is 31.8. The molecule has 2 aromatic heterocycles. The van der Waals surface area contributed by atoms with E-state index in [2.05, 4.69) is 54.2 Å². The van der Waals surface area contributed by atoms with Crippen molar-refractivity contribution in [2.45, 2.75) is 89.9 Å². The minimum atomic E-state index is -3.89. The first-order valence-corrected chi connectivity index (χ1v) is 17.2. The smallest absolute Gasteiger partial charge is 0.247 e. The van der Waals surface area contributed by atoms with Crippen LogP contribution < -0.4 is 21.3 Å². The molecule has 0 amide bonds. The van der Waals surface area contributed by atoms with E-state index in [0.29, 0.717) is 24.9 Å². The number of imidazole rings is 2. The van der Waals surface area contributed by atoms with Crippen molar-refractivity contribution in [2.24, 2.45) is 11.8 Å². The van der Waals surface area contributed by atoms with Gasteiger partial charge in [0, 0.05) is 37.6 Å². The number of aromatic nitrogens is 4. The Morgan fingerprint density at radius 1 is 0.837 bits per heavy atom. The van der Waals surface area contributed by atoms with Crippen molar-refractivity contribution in [1.82, 2.24) is 44.7 Å².